The first-order chi connectivity index (χ1) is 10.4. The molecule has 0 N–H and O–H groups in total. The quantitative estimate of drug-likeness (QED) is 0.859. The third kappa shape index (κ3) is 3.06. The lowest BCUT2D eigenvalue weighted by atomic mass is 10.0. The summed E-state index contributed by atoms with van der Waals surface area (Å²) >= 11 is 0. The first-order valence-corrected chi connectivity index (χ1v) is 8.81. The molecule has 0 spiro atoms. The topological polar surface area (TPSA) is 59.0 Å². The summed E-state index contributed by atoms with van der Waals surface area (Å²) < 4.78 is 33.1. The van der Waals surface area contributed by atoms with Gasteiger partial charge in [0.1, 0.15) is 5.75 Å². The number of benzene rings is 1. The van der Waals surface area contributed by atoms with Crippen LogP contribution in [0.15, 0.2) is 52.8 Å². The molecule has 5 nitrogen and oxygen atoms in total. The Bertz CT molecular complexity index is 759. The molecule has 22 heavy (non-hydrogen) atoms. The highest BCUT2D eigenvalue weighted by Gasteiger charge is 2.28. The maximum absolute atomic E-state index is 11.7. The molecule has 2 aliphatic rings. The van der Waals surface area contributed by atoms with Gasteiger partial charge in [0.15, 0.2) is 11.6 Å². The van der Waals surface area contributed by atoms with Crippen molar-refractivity contribution < 1.29 is 13.2 Å². The predicted octanol–water partition coefficient (Wildman–Crippen LogP) is 2.64. The van der Waals surface area contributed by atoms with Crippen molar-refractivity contribution >= 4 is 15.9 Å². The minimum absolute atomic E-state index is 0.0250. The van der Waals surface area contributed by atoms with Crippen molar-refractivity contribution in [1.29, 1.82) is 0 Å². The van der Waals surface area contributed by atoms with Crippen LogP contribution in [0.4, 0.5) is 0 Å². The van der Waals surface area contributed by atoms with Gasteiger partial charge < -0.3 is 9.64 Å². The third-order valence-electron chi connectivity index (χ3n) is 3.60. The molecule has 0 fully saturated rings. The van der Waals surface area contributed by atoms with E-state index in [4.69, 9.17) is 4.74 Å². The van der Waals surface area contributed by atoms with Gasteiger partial charge in [-0.2, -0.15) is 0 Å². The monoisotopic (exact) mass is 318 g/mol. The molecule has 0 unspecified atom stereocenters. The number of rotatable bonds is 3. The second-order valence-corrected chi connectivity index (χ2v) is 7.35. The summed E-state index contributed by atoms with van der Waals surface area (Å²) in [6.07, 6.45) is 5.36. The molecule has 0 bridgehead atoms. The minimum atomic E-state index is -3.40. The number of ether oxygens (including phenoxy) is 1. The van der Waals surface area contributed by atoms with Gasteiger partial charge in [0.25, 0.3) is 10.0 Å². The molecule has 2 aliphatic heterocycles. The van der Waals surface area contributed by atoms with Gasteiger partial charge in [-0.1, -0.05) is 26.0 Å². The van der Waals surface area contributed by atoms with Gasteiger partial charge in [-0.15, -0.1) is 4.40 Å². The number of amidine groups is 1. The zero-order valence-electron chi connectivity index (χ0n) is 12.6. The molecule has 116 valence electrons. The number of sulfonamides is 1. The summed E-state index contributed by atoms with van der Waals surface area (Å²) in [5.74, 6) is 1.94. The van der Waals surface area contributed by atoms with Crippen LogP contribution < -0.4 is 4.74 Å². The Morgan fingerprint density at radius 3 is 2.64 bits per heavy atom. The van der Waals surface area contributed by atoms with Crippen LogP contribution in [0.25, 0.3) is 0 Å². The summed E-state index contributed by atoms with van der Waals surface area (Å²) in [6, 6.07) is 7.79. The van der Waals surface area contributed by atoms with E-state index in [-0.39, 0.29) is 5.75 Å². The van der Waals surface area contributed by atoms with Crippen molar-refractivity contribution in [3.05, 3.63) is 53.9 Å². The van der Waals surface area contributed by atoms with Crippen LogP contribution in [-0.2, 0) is 10.0 Å². The molecule has 6 heteroatoms. The highest BCUT2D eigenvalue weighted by atomic mass is 32.2. The van der Waals surface area contributed by atoms with Gasteiger partial charge in [-0.05, 0) is 35.8 Å². The maximum atomic E-state index is 11.7. The Morgan fingerprint density at radius 2 is 1.95 bits per heavy atom. The Kier molecular flexibility index (Phi) is 3.78. The van der Waals surface area contributed by atoms with E-state index in [1.54, 1.807) is 11.0 Å². The number of hydrogen-bond acceptors (Lipinski definition) is 4. The molecule has 2 heterocycles. The standard InChI is InChI=1S/C16H18N2O3S/c1-12(2)13-5-7-14(8-6-13)21-15-4-3-9-18-10-11-22(19,20)17-16(15)18/h3-9,12H,10-11H2,1-2H3. The van der Waals surface area contributed by atoms with E-state index in [0.717, 1.165) is 0 Å². The lowest BCUT2D eigenvalue weighted by molar-refractivity contribution is 0.428. The second kappa shape index (κ2) is 5.61. The smallest absolute Gasteiger partial charge is 0.256 e. The first-order valence-electron chi connectivity index (χ1n) is 7.20. The summed E-state index contributed by atoms with van der Waals surface area (Å²) in [5.41, 5.74) is 1.23. The van der Waals surface area contributed by atoms with Crippen molar-refractivity contribution in [2.24, 2.45) is 4.40 Å². The van der Waals surface area contributed by atoms with Crippen LogP contribution in [0.5, 0.6) is 5.75 Å². The van der Waals surface area contributed by atoms with Crippen molar-refractivity contribution in [2.75, 3.05) is 12.3 Å². The van der Waals surface area contributed by atoms with E-state index < -0.39 is 10.0 Å². The second-order valence-electron chi connectivity index (χ2n) is 5.59. The van der Waals surface area contributed by atoms with Gasteiger partial charge in [0.2, 0.25) is 0 Å². The van der Waals surface area contributed by atoms with E-state index in [1.165, 1.54) is 5.56 Å². The van der Waals surface area contributed by atoms with Crippen molar-refractivity contribution in [2.45, 2.75) is 19.8 Å². The minimum Gasteiger partial charge on any atom is -0.453 e. The molecule has 1 aromatic rings. The Morgan fingerprint density at radius 1 is 1.23 bits per heavy atom. The molecule has 0 aliphatic carbocycles. The molecule has 0 atom stereocenters. The molecular formula is C16H18N2O3S. The van der Waals surface area contributed by atoms with Crippen LogP contribution in [0, 0.1) is 0 Å². The third-order valence-corrected chi connectivity index (χ3v) is 4.75. The van der Waals surface area contributed by atoms with E-state index in [0.29, 0.717) is 29.8 Å². The van der Waals surface area contributed by atoms with Crippen LogP contribution in [0.2, 0.25) is 0 Å². The zero-order chi connectivity index (χ0) is 15.7. The van der Waals surface area contributed by atoms with E-state index in [1.807, 2.05) is 36.5 Å². The fourth-order valence-corrected chi connectivity index (χ4v) is 3.29. The molecule has 0 aromatic heterocycles. The first kappa shape index (κ1) is 14.8. The Labute approximate surface area is 130 Å². The maximum Gasteiger partial charge on any atom is 0.256 e. The highest BCUT2D eigenvalue weighted by Crippen LogP contribution is 2.23. The highest BCUT2D eigenvalue weighted by molar-refractivity contribution is 7.90. The average molecular weight is 318 g/mol. The SMILES string of the molecule is CC(C)c1ccc(OC2=CC=CN3CCS(=O)(=O)N=C23)cc1. The van der Waals surface area contributed by atoms with E-state index in [9.17, 15) is 8.42 Å². The van der Waals surface area contributed by atoms with Crippen LogP contribution in [-0.4, -0.2) is 31.5 Å². The molecule has 3 rings (SSSR count). The molecule has 0 radical (unpaired) electrons. The molecule has 0 saturated heterocycles. The van der Waals surface area contributed by atoms with E-state index >= 15 is 0 Å². The van der Waals surface area contributed by atoms with Gasteiger partial charge in [-0.3, -0.25) is 0 Å². The summed E-state index contributed by atoms with van der Waals surface area (Å²) in [5, 5.41) is 0. The molecule has 1 aromatic carbocycles. The summed E-state index contributed by atoms with van der Waals surface area (Å²) in [4.78, 5) is 1.79. The molecule has 0 saturated carbocycles. The zero-order valence-corrected chi connectivity index (χ0v) is 13.4. The van der Waals surface area contributed by atoms with Crippen LogP contribution in [0.1, 0.15) is 25.3 Å². The summed E-state index contributed by atoms with van der Waals surface area (Å²) in [7, 11) is -3.40. The van der Waals surface area contributed by atoms with Gasteiger partial charge in [-0.25, -0.2) is 8.42 Å². The molecular weight excluding hydrogens is 300 g/mol. The fraction of sp³-hybridized carbons (Fsp3) is 0.312. The number of allylic oxidation sites excluding steroid dienone is 2. The van der Waals surface area contributed by atoms with Crippen LogP contribution >= 0.6 is 0 Å². The van der Waals surface area contributed by atoms with Gasteiger partial charge in [0.05, 0.1) is 5.75 Å². The average Bonchev–Trinajstić information content (AvgIpc) is 2.48. The Hall–Kier alpha value is -2.08. The lowest BCUT2D eigenvalue weighted by Gasteiger charge is -2.28. The lowest BCUT2D eigenvalue weighted by Crippen LogP contribution is -2.39. The molecule has 0 amide bonds. The van der Waals surface area contributed by atoms with Crippen molar-refractivity contribution in [3.8, 4) is 5.75 Å². The normalized spacial score (nSPS) is 19.5. The number of nitrogens with zero attached hydrogens (tertiary/aromatic N) is 2. The van der Waals surface area contributed by atoms with Crippen molar-refractivity contribution in [1.82, 2.24) is 4.90 Å². The van der Waals surface area contributed by atoms with Gasteiger partial charge >= 0.3 is 0 Å². The van der Waals surface area contributed by atoms with Crippen molar-refractivity contribution in [3.63, 3.8) is 0 Å². The van der Waals surface area contributed by atoms with Crippen LogP contribution in [0.3, 0.4) is 0 Å². The predicted molar refractivity (Wildman–Crippen MR) is 86.3 cm³/mol. The fourth-order valence-electron chi connectivity index (χ4n) is 2.32. The largest absolute Gasteiger partial charge is 0.453 e. The summed E-state index contributed by atoms with van der Waals surface area (Å²) in [6.45, 7) is 4.65. The van der Waals surface area contributed by atoms with Gasteiger partial charge in [0, 0.05) is 12.7 Å². The van der Waals surface area contributed by atoms with E-state index in [2.05, 4.69) is 18.2 Å². The number of hydrogen-bond donors (Lipinski definition) is 0. The number of fused-ring (bicyclic) bond motifs is 1. The Balaban J connectivity index is 1.86.